The van der Waals surface area contributed by atoms with Gasteiger partial charge in [-0.15, -0.1) is 0 Å². The van der Waals surface area contributed by atoms with Crippen molar-refractivity contribution in [2.75, 3.05) is 4.90 Å². The zero-order valence-electron chi connectivity index (χ0n) is 14.7. The van der Waals surface area contributed by atoms with Crippen LogP contribution in [0.4, 0.5) is 11.4 Å². The van der Waals surface area contributed by atoms with Gasteiger partial charge < -0.3 is 4.90 Å². The SMILES string of the molecule is CC(C)c1ccc(-c2c(N3c4ccccc4CC3C)c(=O)c2=O)cc1. The smallest absolute Gasteiger partial charge is 0.250 e. The van der Waals surface area contributed by atoms with Crippen LogP contribution in [0.2, 0.25) is 0 Å². The molecule has 0 N–H and O–H groups in total. The van der Waals surface area contributed by atoms with Gasteiger partial charge in [-0.3, -0.25) is 9.59 Å². The Kier molecular flexibility index (Phi) is 3.60. The fourth-order valence-corrected chi connectivity index (χ4v) is 3.82. The van der Waals surface area contributed by atoms with E-state index in [1.54, 1.807) is 0 Å². The molecule has 1 aliphatic rings. The van der Waals surface area contributed by atoms with E-state index in [-0.39, 0.29) is 16.9 Å². The molecule has 0 bridgehead atoms. The van der Waals surface area contributed by atoms with E-state index in [1.807, 2.05) is 47.4 Å². The quantitative estimate of drug-likeness (QED) is 0.677. The zero-order chi connectivity index (χ0) is 17.7. The predicted octanol–water partition coefficient (Wildman–Crippen LogP) is 4.16. The molecule has 0 saturated carbocycles. The van der Waals surface area contributed by atoms with Crippen LogP contribution in [0.15, 0.2) is 58.1 Å². The highest BCUT2D eigenvalue weighted by atomic mass is 16.2. The van der Waals surface area contributed by atoms with Gasteiger partial charge in [-0.2, -0.15) is 0 Å². The molecule has 0 spiro atoms. The number of para-hydroxylation sites is 1. The minimum absolute atomic E-state index is 0.175. The zero-order valence-corrected chi connectivity index (χ0v) is 14.7. The Morgan fingerprint density at radius 3 is 2.32 bits per heavy atom. The van der Waals surface area contributed by atoms with Crippen LogP contribution < -0.4 is 15.8 Å². The van der Waals surface area contributed by atoms with Crippen molar-refractivity contribution in [3.63, 3.8) is 0 Å². The number of rotatable bonds is 3. The fraction of sp³-hybridized carbons (Fsp3) is 0.273. The maximum atomic E-state index is 12.4. The second-order valence-electron chi connectivity index (χ2n) is 7.21. The highest BCUT2D eigenvalue weighted by Gasteiger charge is 2.35. The normalized spacial score (nSPS) is 16.6. The van der Waals surface area contributed by atoms with E-state index < -0.39 is 0 Å². The summed E-state index contributed by atoms with van der Waals surface area (Å²) in [5.41, 5.74) is 4.70. The standard InChI is InChI=1S/C22H21NO2/c1-13(2)15-8-10-16(11-9-15)19-20(22(25)21(19)24)23-14(3)12-17-6-4-5-7-18(17)23/h4-11,13-14H,12H2,1-3H3. The van der Waals surface area contributed by atoms with Crippen LogP contribution in [0.3, 0.4) is 0 Å². The maximum absolute atomic E-state index is 12.4. The van der Waals surface area contributed by atoms with E-state index in [9.17, 15) is 9.59 Å². The number of hydrogen-bond acceptors (Lipinski definition) is 3. The lowest BCUT2D eigenvalue weighted by Crippen LogP contribution is -2.42. The molecule has 3 nitrogen and oxygen atoms in total. The third kappa shape index (κ3) is 2.34. The molecule has 1 unspecified atom stereocenters. The number of anilines is 2. The van der Waals surface area contributed by atoms with Crippen LogP contribution in [0.5, 0.6) is 0 Å². The first-order valence-corrected chi connectivity index (χ1v) is 8.79. The molecule has 25 heavy (non-hydrogen) atoms. The van der Waals surface area contributed by atoms with Gasteiger partial charge in [-0.1, -0.05) is 56.3 Å². The van der Waals surface area contributed by atoms with Crippen LogP contribution in [-0.2, 0) is 6.42 Å². The van der Waals surface area contributed by atoms with Gasteiger partial charge in [0.2, 0.25) is 5.43 Å². The molecule has 126 valence electrons. The third-order valence-corrected chi connectivity index (χ3v) is 5.20. The monoisotopic (exact) mass is 331 g/mol. The molecule has 4 rings (SSSR count). The number of fused-ring (bicyclic) bond motifs is 1. The van der Waals surface area contributed by atoms with E-state index in [0.717, 1.165) is 17.7 Å². The first-order chi connectivity index (χ1) is 12.0. The average molecular weight is 331 g/mol. The summed E-state index contributed by atoms with van der Waals surface area (Å²) in [7, 11) is 0. The summed E-state index contributed by atoms with van der Waals surface area (Å²) in [4.78, 5) is 26.8. The van der Waals surface area contributed by atoms with E-state index in [1.165, 1.54) is 11.1 Å². The summed E-state index contributed by atoms with van der Waals surface area (Å²) in [5.74, 6) is 0.437. The van der Waals surface area contributed by atoms with Crippen molar-refractivity contribution in [2.45, 2.75) is 39.2 Å². The summed E-state index contributed by atoms with van der Waals surface area (Å²) in [6.07, 6.45) is 0.890. The Labute approximate surface area is 147 Å². The van der Waals surface area contributed by atoms with Crippen molar-refractivity contribution in [1.29, 1.82) is 0 Å². The number of hydrogen-bond donors (Lipinski definition) is 0. The number of benzene rings is 2. The summed E-state index contributed by atoms with van der Waals surface area (Å²) < 4.78 is 0. The first-order valence-electron chi connectivity index (χ1n) is 8.79. The van der Waals surface area contributed by atoms with Crippen molar-refractivity contribution in [2.24, 2.45) is 0 Å². The maximum Gasteiger partial charge on any atom is 0.250 e. The van der Waals surface area contributed by atoms with E-state index >= 15 is 0 Å². The molecular formula is C22H21NO2. The molecule has 0 aliphatic carbocycles. The summed E-state index contributed by atoms with van der Waals surface area (Å²) in [6.45, 7) is 6.38. The lowest BCUT2D eigenvalue weighted by atomic mass is 9.94. The highest BCUT2D eigenvalue weighted by molar-refractivity contribution is 5.88. The highest BCUT2D eigenvalue weighted by Crippen LogP contribution is 2.40. The van der Waals surface area contributed by atoms with Gasteiger partial charge in [0.15, 0.2) is 0 Å². The predicted molar refractivity (Wildman–Crippen MR) is 103 cm³/mol. The molecule has 1 aliphatic heterocycles. The van der Waals surface area contributed by atoms with Gasteiger partial charge >= 0.3 is 0 Å². The molecule has 3 aromatic rings. The molecule has 1 atom stereocenters. The Morgan fingerprint density at radius 1 is 0.960 bits per heavy atom. The lowest BCUT2D eigenvalue weighted by molar-refractivity contribution is 0.755. The largest absolute Gasteiger partial charge is 0.334 e. The Bertz CT molecular complexity index is 1010. The van der Waals surface area contributed by atoms with Gasteiger partial charge in [-0.05, 0) is 42.0 Å². The molecular weight excluding hydrogens is 310 g/mol. The minimum Gasteiger partial charge on any atom is -0.334 e. The van der Waals surface area contributed by atoms with Crippen LogP contribution in [0.1, 0.15) is 37.8 Å². The topological polar surface area (TPSA) is 37.4 Å². The molecule has 3 aromatic carbocycles. The van der Waals surface area contributed by atoms with E-state index in [0.29, 0.717) is 17.2 Å². The Hall–Kier alpha value is -2.68. The van der Waals surface area contributed by atoms with Gasteiger partial charge in [0.25, 0.3) is 5.43 Å². The summed E-state index contributed by atoms with van der Waals surface area (Å²) >= 11 is 0. The Morgan fingerprint density at radius 2 is 1.64 bits per heavy atom. The number of nitrogens with zero attached hydrogens (tertiary/aromatic N) is 1. The molecule has 0 fully saturated rings. The molecule has 0 aromatic heterocycles. The van der Waals surface area contributed by atoms with Crippen LogP contribution in [-0.4, -0.2) is 6.04 Å². The molecule has 0 radical (unpaired) electrons. The Balaban J connectivity index is 1.82. The molecule has 3 heteroatoms. The molecule has 0 amide bonds. The minimum atomic E-state index is -0.371. The van der Waals surface area contributed by atoms with Crippen LogP contribution in [0.25, 0.3) is 11.1 Å². The molecule has 0 saturated heterocycles. The van der Waals surface area contributed by atoms with Crippen molar-refractivity contribution >= 4 is 11.4 Å². The van der Waals surface area contributed by atoms with Crippen molar-refractivity contribution in [1.82, 2.24) is 0 Å². The van der Waals surface area contributed by atoms with Gasteiger partial charge in [0, 0.05) is 11.7 Å². The first kappa shape index (κ1) is 15.8. The lowest BCUT2D eigenvalue weighted by Gasteiger charge is -2.28. The summed E-state index contributed by atoms with van der Waals surface area (Å²) in [6, 6.07) is 16.3. The van der Waals surface area contributed by atoms with Gasteiger partial charge in [0.1, 0.15) is 5.69 Å². The second kappa shape index (κ2) is 5.69. The van der Waals surface area contributed by atoms with Crippen molar-refractivity contribution < 1.29 is 0 Å². The van der Waals surface area contributed by atoms with Crippen molar-refractivity contribution in [3.8, 4) is 11.1 Å². The van der Waals surface area contributed by atoms with Crippen LogP contribution in [0, 0.1) is 0 Å². The van der Waals surface area contributed by atoms with E-state index in [2.05, 4.69) is 26.8 Å². The second-order valence-corrected chi connectivity index (χ2v) is 7.21. The van der Waals surface area contributed by atoms with E-state index in [4.69, 9.17) is 0 Å². The van der Waals surface area contributed by atoms with Crippen molar-refractivity contribution in [3.05, 3.63) is 80.1 Å². The van der Waals surface area contributed by atoms with Gasteiger partial charge in [0.05, 0.1) is 5.56 Å². The molecule has 1 heterocycles. The van der Waals surface area contributed by atoms with Crippen LogP contribution >= 0.6 is 0 Å². The van der Waals surface area contributed by atoms with Gasteiger partial charge in [-0.25, -0.2) is 0 Å². The third-order valence-electron chi connectivity index (χ3n) is 5.20. The summed E-state index contributed by atoms with van der Waals surface area (Å²) in [5, 5.41) is 0. The average Bonchev–Trinajstić information content (AvgIpc) is 2.94. The fourth-order valence-electron chi connectivity index (χ4n) is 3.82.